The van der Waals surface area contributed by atoms with Gasteiger partial charge in [0, 0.05) is 15.6 Å². The first kappa shape index (κ1) is 19.6. The van der Waals surface area contributed by atoms with Crippen LogP contribution in [0.4, 0.5) is 0 Å². The van der Waals surface area contributed by atoms with Crippen LogP contribution in [0.1, 0.15) is 15.2 Å². The summed E-state index contributed by atoms with van der Waals surface area (Å²) in [5.74, 6) is -0.922. The Morgan fingerprint density at radius 2 is 1.74 bits per heavy atom. The Labute approximate surface area is 173 Å². The van der Waals surface area contributed by atoms with E-state index in [1.54, 1.807) is 18.2 Å². The zero-order chi connectivity index (χ0) is 19.4. The Bertz CT molecular complexity index is 1030. The smallest absolute Gasteiger partial charge is 0.263 e. The fraction of sp³-hybridized carbons (Fsp3) is 0.0556. The van der Waals surface area contributed by atoms with Crippen molar-refractivity contribution in [2.24, 2.45) is 5.10 Å². The summed E-state index contributed by atoms with van der Waals surface area (Å²) in [6, 6.07) is 12.5. The van der Waals surface area contributed by atoms with Gasteiger partial charge in [0.1, 0.15) is 4.88 Å². The number of rotatable bonds is 5. The Hall–Kier alpha value is -2.12. The first-order valence-electron chi connectivity index (χ1n) is 7.68. The maximum absolute atomic E-state index is 12.3. The molecule has 2 amide bonds. The third-order valence-electron chi connectivity index (χ3n) is 3.53. The third kappa shape index (κ3) is 4.59. The second-order valence-electron chi connectivity index (χ2n) is 5.35. The van der Waals surface area contributed by atoms with Crippen LogP contribution in [0.15, 0.2) is 47.6 Å². The number of benzene rings is 2. The van der Waals surface area contributed by atoms with Crippen LogP contribution in [0.2, 0.25) is 15.1 Å². The summed E-state index contributed by atoms with van der Waals surface area (Å²) in [5.41, 5.74) is 2.79. The number of hydrogen-bond acceptors (Lipinski definition) is 4. The molecule has 0 aliphatic heterocycles. The lowest BCUT2D eigenvalue weighted by molar-refractivity contribution is -0.120. The number of thiophene rings is 1. The maximum Gasteiger partial charge on any atom is 0.263 e. The molecule has 0 radical (unpaired) electrons. The minimum Gasteiger partial charge on any atom is -0.342 e. The minimum atomic E-state index is -0.500. The van der Waals surface area contributed by atoms with Gasteiger partial charge in [-0.15, -0.1) is 11.3 Å². The number of hydrogen-bond donors (Lipinski definition) is 2. The van der Waals surface area contributed by atoms with E-state index in [2.05, 4.69) is 15.8 Å². The molecule has 0 saturated carbocycles. The number of nitrogens with zero attached hydrogens (tertiary/aromatic N) is 1. The monoisotopic (exact) mass is 439 g/mol. The second kappa shape index (κ2) is 8.71. The van der Waals surface area contributed by atoms with Gasteiger partial charge in [-0.2, -0.15) is 5.10 Å². The van der Waals surface area contributed by atoms with Crippen LogP contribution in [0.3, 0.4) is 0 Å². The lowest BCUT2D eigenvalue weighted by Crippen LogP contribution is -2.34. The van der Waals surface area contributed by atoms with Crippen molar-refractivity contribution in [2.45, 2.75) is 0 Å². The quantitative estimate of drug-likeness (QED) is 0.444. The summed E-state index contributed by atoms with van der Waals surface area (Å²) in [4.78, 5) is 24.5. The van der Waals surface area contributed by atoms with E-state index >= 15 is 0 Å². The fourth-order valence-corrected chi connectivity index (χ4v) is 4.17. The molecule has 0 aliphatic carbocycles. The van der Waals surface area contributed by atoms with Crippen LogP contribution in [0.5, 0.6) is 0 Å². The lowest BCUT2D eigenvalue weighted by atomic mass is 10.2. The van der Waals surface area contributed by atoms with E-state index in [-0.39, 0.29) is 6.54 Å². The van der Waals surface area contributed by atoms with Crippen LogP contribution < -0.4 is 10.7 Å². The largest absolute Gasteiger partial charge is 0.342 e. The van der Waals surface area contributed by atoms with Gasteiger partial charge in [-0.1, -0.05) is 59.1 Å². The molecule has 138 valence electrons. The molecule has 5 nitrogen and oxygen atoms in total. The minimum absolute atomic E-state index is 0.253. The first-order valence-corrected chi connectivity index (χ1v) is 9.63. The van der Waals surface area contributed by atoms with E-state index in [1.165, 1.54) is 17.6 Å². The summed E-state index contributed by atoms with van der Waals surface area (Å²) >= 11 is 19.5. The van der Waals surface area contributed by atoms with Gasteiger partial charge in [0.05, 0.1) is 27.8 Å². The van der Waals surface area contributed by atoms with Crippen LogP contribution in [-0.2, 0) is 4.79 Å². The normalized spacial score (nSPS) is 11.1. The zero-order valence-electron chi connectivity index (χ0n) is 13.6. The molecule has 0 saturated heterocycles. The number of carbonyl (C=O) groups is 2. The van der Waals surface area contributed by atoms with Gasteiger partial charge in [0.2, 0.25) is 0 Å². The molecular weight excluding hydrogens is 429 g/mol. The number of fused-ring (bicyclic) bond motifs is 1. The van der Waals surface area contributed by atoms with E-state index in [9.17, 15) is 9.59 Å². The highest BCUT2D eigenvalue weighted by molar-refractivity contribution is 7.21. The Morgan fingerprint density at radius 3 is 2.44 bits per heavy atom. The Balaban J connectivity index is 1.58. The maximum atomic E-state index is 12.3. The molecular formula is C18H12Cl3N3O2S. The average molecular weight is 441 g/mol. The van der Waals surface area contributed by atoms with Crippen molar-refractivity contribution < 1.29 is 9.59 Å². The zero-order valence-corrected chi connectivity index (χ0v) is 16.7. The highest BCUT2D eigenvalue weighted by Crippen LogP contribution is 2.34. The van der Waals surface area contributed by atoms with Crippen LogP contribution in [0, 0.1) is 0 Å². The molecule has 3 rings (SSSR count). The molecule has 3 aromatic rings. The topological polar surface area (TPSA) is 70.6 Å². The molecule has 0 unspecified atom stereocenters. The van der Waals surface area contributed by atoms with E-state index in [1.807, 2.05) is 24.3 Å². The number of amides is 2. The van der Waals surface area contributed by atoms with Gasteiger partial charge in [-0.05, 0) is 18.2 Å². The summed E-state index contributed by atoms with van der Waals surface area (Å²) in [6.07, 6.45) is 1.34. The van der Waals surface area contributed by atoms with E-state index in [4.69, 9.17) is 34.8 Å². The number of nitrogens with one attached hydrogen (secondary N) is 2. The summed E-state index contributed by atoms with van der Waals surface area (Å²) < 4.78 is 0.901. The molecule has 9 heteroatoms. The highest BCUT2D eigenvalue weighted by atomic mass is 35.5. The van der Waals surface area contributed by atoms with Gasteiger partial charge in [0.25, 0.3) is 11.8 Å². The van der Waals surface area contributed by atoms with Crippen molar-refractivity contribution in [2.75, 3.05) is 6.54 Å². The van der Waals surface area contributed by atoms with E-state index < -0.39 is 11.8 Å². The Morgan fingerprint density at radius 1 is 1.04 bits per heavy atom. The number of carbonyl (C=O) groups excluding carboxylic acids is 2. The molecule has 2 aromatic carbocycles. The SMILES string of the molecule is O=C(CNC(=O)c1sc2ccccc2c1Cl)N/N=C/c1c(Cl)cccc1Cl. The number of halogens is 3. The molecule has 0 fully saturated rings. The summed E-state index contributed by atoms with van der Waals surface area (Å²) in [6.45, 7) is -0.253. The van der Waals surface area contributed by atoms with Gasteiger partial charge >= 0.3 is 0 Å². The number of hydrazone groups is 1. The molecule has 0 atom stereocenters. The summed E-state index contributed by atoms with van der Waals surface area (Å²) in [7, 11) is 0. The van der Waals surface area contributed by atoms with Crippen molar-refractivity contribution in [1.29, 1.82) is 0 Å². The summed E-state index contributed by atoms with van der Waals surface area (Å²) in [5, 5.41) is 8.32. The van der Waals surface area contributed by atoms with Gasteiger partial charge < -0.3 is 5.32 Å². The lowest BCUT2D eigenvalue weighted by Gasteiger charge is -2.03. The van der Waals surface area contributed by atoms with Crippen molar-refractivity contribution >= 4 is 74.3 Å². The van der Waals surface area contributed by atoms with Crippen LogP contribution in [0.25, 0.3) is 10.1 Å². The van der Waals surface area contributed by atoms with Crippen LogP contribution in [-0.4, -0.2) is 24.6 Å². The van der Waals surface area contributed by atoms with Gasteiger partial charge in [0.15, 0.2) is 0 Å². The molecule has 1 heterocycles. The van der Waals surface area contributed by atoms with Crippen LogP contribution >= 0.6 is 46.1 Å². The Kier molecular flexibility index (Phi) is 6.34. The van der Waals surface area contributed by atoms with Gasteiger partial charge in [-0.25, -0.2) is 5.43 Å². The molecule has 2 N–H and O–H groups in total. The molecule has 0 aliphatic rings. The van der Waals surface area contributed by atoms with E-state index in [0.29, 0.717) is 25.5 Å². The second-order valence-corrected chi connectivity index (χ2v) is 7.60. The van der Waals surface area contributed by atoms with Gasteiger partial charge in [-0.3, -0.25) is 9.59 Å². The average Bonchev–Trinajstić information content (AvgIpc) is 2.99. The van der Waals surface area contributed by atoms with Crippen molar-refractivity contribution in [3.63, 3.8) is 0 Å². The molecule has 0 bridgehead atoms. The van der Waals surface area contributed by atoms with Crippen molar-refractivity contribution in [3.8, 4) is 0 Å². The fourth-order valence-electron chi connectivity index (χ4n) is 2.24. The first-order chi connectivity index (χ1) is 13.0. The standard InChI is InChI=1S/C18H12Cl3N3O2S/c19-12-5-3-6-13(20)11(12)8-23-24-15(25)9-22-18(26)17-16(21)10-4-1-2-7-14(10)27-17/h1-8H,9H2,(H,22,26)(H,24,25)/b23-8+. The van der Waals surface area contributed by atoms with Crippen molar-refractivity contribution in [1.82, 2.24) is 10.7 Å². The molecule has 27 heavy (non-hydrogen) atoms. The van der Waals surface area contributed by atoms with E-state index in [0.717, 1.165) is 10.1 Å². The predicted molar refractivity (Wildman–Crippen MR) is 111 cm³/mol. The predicted octanol–water partition coefficient (Wildman–Crippen LogP) is 4.74. The molecule has 1 aromatic heterocycles. The highest BCUT2D eigenvalue weighted by Gasteiger charge is 2.17. The van der Waals surface area contributed by atoms with Crippen molar-refractivity contribution in [3.05, 3.63) is 68.0 Å². The third-order valence-corrected chi connectivity index (χ3v) is 5.87. The molecule has 0 spiro atoms.